The van der Waals surface area contributed by atoms with Crippen LogP contribution in [0.5, 0.6) is 0 Å². The van der Waals surface area contributed by atoms with E-state index >= 15 is 0 Å². The van der Waals surface area contributed by atoms with E-state index in [1.54, 1.807) is 10.9 Å². The van der Waals surface area contributed by atoms with E-state index in [0.29, 0.717) is 25.9 Å². The number of hydrogen-bond acceptors (Lipinski definition) is 4. The first-order chi connectivity index (χ1) is 17.9. The molecule has 1 saturated carbocycles. The highest BCUT2D eigenvalue weighted by atomic mass is 35.5. The number of benzene rings is 1. The van der Waals surface area contributed by atoms with Gasteiger partial charge in [-0.2, -0.15) is 18.3 Å². The number of amides is 2. The second kappa shape index (κ2) is 9.71. The first-order valence-corrected chi connectivity index (χ1v) is 12.9. The van der Waals surface area contributed by atoms with Gasteiger partial charge in [0.2, 0.25) is 0 Å². The van der Waals surface area contributed by atoms with Crippen molar-refractivity contribution < 1.29 is 32.3 Å². The van der Waals surface area contributed by atoms with Crippen LogP contribution in [-0.2, 0) is 16.5 Å². The minimum absolute atomic E-state index is 0.100. The van der Waals surface area contributed by atoms with Gasteiger partial charge < -0.3 is 15.3 Å². The zero-order valence-corrected chi connectivity index (χ0v) is 21.2. The average molecular weight is 558 g/mol. The van der Waals surface area contributed by atoms with Gasteiger partial charge in [-0.15, -0.1) is 0 Å². The summed E-state index contributed by atoms with van der Waals surface area (Å²) in [6, 6.07) is 2.83. The Morgan fingerprint density at radius 2 is 1.87 bits per heavy atom. The van der Waals surface area contributed by atoms with Crippen molar-refractivity contribution in [3.63, 3.8) is 0 Å². The fraction of sp³-hybridized carbons (Fsp3) is 0.560. The van der Waals surface area contributed by atoms with Crippen LogP contribution in [0.3, 0.4) is 0 Å². The number of piperidine rings is 1. The van der Waals surface area contributed by atoms with E-state index in [1.807, 2.05) is 11.1 Å². The van der Waals surface area contributed by atoms with Crippen LogP contribution in [0, 0.1) is 0 Å². The molecule has 2 aliphatic heterocycles. The lowest BCUT2D eigenvalue weighted by atomic mass is 9.76. The van der Waals surface area contributed by atoms with E-state index in [1.165, 1.54) is 0 Å². The quantitative estimate of drug-likeness (QED) is 0.490. The molecule has 2 amide bonds. The van der Waals surface area contributed by atoms with Crippen molar-refractivity contribution in [3.8, 4) is 0 Å². The molecule has 1 aliphatic carbocycles. The van der Waals surface area contributed by atoms with Crippen LogP contribution in [0.4, 0.5) is 28.0 Å². The van der Waals surface area contributed by atoms with Crippen molar-refractivity contribution in [3.05, 3.63) is 46.7 Å². The number of hydrogen-bond donors (Lipinski definition) is 2. The molecule has 206 valence electrons. The van der Waals surface area contributed by atoms with E-state index in [0.717, 1.165) is 47.9 Å². The smallest absolute Gasteiger partial charge is 0.416 e. The van der Waals surface area contributed by atoms with E-state index in [2.05, 4.69) is 10.4 Å². The molecule has 3 aliphatic rings. The Hall–Kier alpha value is -2.86. The number of aromatic nitrogens is 2. The second-order valence-electron chi connectivity index (χ2n) is 10.6. The van der Waals surface area contributed by atoms with Gasteiger partial charge in [-0.05, 0) is 74.9 Å². The summed E-state index contributed by atoms with van der Waals surface area (Å²) in [4.78, 5) is 27.3. The zero-order chi connectivity index (χ0) is 27.3. The largest absolute Gasteiger partial charge is 0.465 e. The van der Waals surface area contributed by atoms with Gasteiger partial charge in [-0.3, -0.25) is 14.4 Å². The Balaban J connectivity index is 1.20. The fourth-order valence-electron chi connectivity index (χ4n) is 5.58. The molecule has 3 heterocycles. The number of alkyl halides is 4. The third kappa shape index (κ3) is 5.07. The second-order valence-corrected chi connectivity index (χ2v) is 11.0. The van der Waals surface area contributed by atoms with Crippen LogP contribution in [0.25, 0.3) is 0 Å². The summed E-state index contributed by atoms with van der Waals surface area (Å²) in [5.74, 6) is -0.184. The van der Waals surface area contributed by atoms with Gasteiger partial charge in [-0.1, -0.05) is 11.6 Å². The van der Waals surface area contributed by atoms with Gasteiger partial charge in [-0.25, -0.2) is 9.18 Å². The molecule has 0 radical (unpaired) electrons. The summed E-state index contributed by atoms with van der Waals surface area (Å²) >= 11 is 6.04. The van der Waals surface area contributed by atoms with Crippen LogP contribution in [0.15, 0.2) is 30.6 Å². The number of carbonyl (C=O) groups is 2. The Morgan fingerprint density at radius 3 is 2.42 bits per heavy atom. The molecule has 2 aromatic rings. The molecule has 2 saturated heterocycles. The van der Waals surface area contributed by atoms with Gasteiger partial charge >= 0.3 is 12.3 Å². The van der Waals surface area contributed by atoms with Crippen LogP contribution < -0.4 is 5.32 Å². The number of carboxylic acid groups (broad SMARTS) is 1. The number of likely N-dealkylation sites (tertiary alicyclic amines) is 2. The van der Waals surface area contributed by atoms with Crippen molar-refractivity contribution in [1.82, 2.24) is 19.6 Å². The van der Waals surface area contributed by atoms with Crippen LogP contribution in [-0.4, -0.2) is 75.1 Å². The van der Waals surface area contributed by atoms with Gasteiger partial charge in [0.25, 0.3) is 5.91 Å². The van der Waals surface area contributed by atoms with Crippen molar-refractivity contribution in [1.29, 1.82) is 0 Å². The molecule has 2 N–H and O–H groups in total. The Morgan fingerprint density at radius 1 is 1.18 bits per heavy atom. The molecule has 1 aromatic carbocycles. The van der Waals surface area contributed by atoms with E-state index in [4.69, 9.17) is 16.7 Å². The maximum absolute atomic E-state index is 14.8. The number of nitrogens with zero attached hydrogens (tertiary/aromatic N) is 4. The summed E-state index contributed by atoms with van der Waals surface area (Å²) in [7, 11) is 0. The highest BCUT2D eigenvalue weighted by Gasteiger charge is 2.48. The molecule has 13 heteroatoms. The van der Waals surface area contributed by atoms with Gasteiger partial charge in [0.1, 0.15) is 5.54 Å². The molecular formula is C25H28ClF4N5O3. The van der Waals surface area contributed by atoms with Crippen molar-refractivity contribution in [2.75, 3.05) is 38.0 Å². The minimum atomic E-state index is -4.53. The summed E-state index contributed by atoms with van der Waals surface area (Å²) in [6.07, 6.45) is 1.43. The number of rotatable bonds is 6. The zero-order valence-electron chi connectivity index (χ0n) is 20.5. The minimum Gasteiger partial charge on any atom is -0.465 e. The predicted molar refractivity (Wildman–Crippen MR) is 131 cm³/mol. The molecule has 0 atom stereocenters. The lowest BCUT2D eigenvalue weighted by Gasteiger charge is -2.46. The molecule has 8 nitrogen and oxygen atoms in total. The Kier molecular flexibility index (Phi) is 6.83. The average Bonchev–Trinajstić information content (AvgIpc) is 3.28. The molecule has 3 fully saturated rings. The van der Waals surface area contributed by atoms with Crippen molar-refractivity contribution >= 4 is 29.3 Å². The molecule has 0 unspecified atom stereocenters. The van der Waals surface area contributed by atoms with Gasteiger partial charge in [0, 0.05) is 12.7 Å². The van der Waals surface area contributed by atoms with E-state index < -0.39 is 29.0 Å². The first-order valence-electron chi connectivity index (χ1n) is 12.5. The van der Waals surface area contributed by atoms with Crippen LogP contribution in [0.2, 0.25) is 5.02 Å². The fourth-order valence-corrected chi connectivity index (χ4v) is 5.81. The molecule has 5 rings (SSSR count). The van der Waals surface area contributed by atoms with Crippen LogP contribution >= 0.6 is 11.6 Å². The number of halogens is 5. The SMILES string of the molecule is O=C(O)N1CC(F)(CN2CCC(c3cnn(C4(C(=O)Nc5ccc(C(F)(F)F)cc5Cl)CCC4)c3)CC2)C1. The summed E-state index contributed by atoms with van der Waals surface area (Å²) in [5, 5.41) is 15.9. The maximum atomic E-state index is 14.8. The predicted octanol–water partition coefficient (Wildman–Crippen LogP) is 4.95. The van der Waals surface area contributed by atoms with E-state index in [9.17, 15) is 27.2 Å². The lowest BCUT2D eigenvalue weighted by molar-refractivity contribution is -0.137. The molecule has 1 aromatic heterocycles. The highest BCUT2D eigenvalue weighted by Crippen LogP contribution is 2.42. The molecule has 0 spiro atoms. The molecule has 38 heavy (non-hydrogen) atoms. The third-order valence-electron chi connectivity index (χ3n) is 7.97. The van der Waals surface area contributed by atoms with Gasteiger partial charge in [0.15, 0.2) is 5.67 Å². The van der Waals surface area contributed by atoms with E-state index in [-0.39, 0.29) is 42.2 Å². The first kappa shape index (κ1) is 26.7. The molecular weight excluding hydrogens is 530 g/mol. The van der Waals surface area contributed by atoms with Gasteiger partial charge in [0.05, 0.1) is 35.6 Å². The normalized spacial score (nSPS) is 21.4. The van der Waals surface area contributed by atoms with Crippen molar-refractivity contribution in [2.24, 2.45) is 0 Å². The van der Waals surface area contributed by atoms with Crippen LogP contribution in [0.1, 0.15) is 49.1 Å². The lowest BCUT2D eigenvalue weighted by Crippen LogP contribution is -2.65. The summed E-state index contributed by atoms with van der Waals surface area (Å²) < 4.78 is 55.3. The molecule has 0 bridgehead atoms. The maximum Gasteiger partial charge on any atom is 0.416 e. The van der Waals surface area contributed by atoms with Crippen molar-refractivity contribution in [2.45, 2.75) is 55.4 Å². The monoisotopic (exact) mass is 557 g/mol. The topological polar surface area (TPSA) is 90.7 Å². The Labute approximate surface area is 221 Å². The number of carbonyl (C=O) groups excluding carboxylic acids is 1. The third-order valence-corrected chi connectivity index (χ3v) is 8.29. The standard InChI is InChI=1S/C25H28ClF4N5O3/c26-19-10-18(25(28,29)30)2-3-20(19)32-21(36)24(6-1-7-24)35-12-17(11-31-35)16-4-8-33(9-5-16)13-23(27)14-34(15-23)22(37)38/h2-3,10-12,16H,1,4-9,13-15H2,(H,32,36)(H,37,38). The Bertz CT molecular complexity index is 1220. The highest BCUT2D eigenvalue weighted by molar-refractivity contribution is 6.33. The summed E-state index contributed by atoms with van der Waals surface area (Å²) in [5.41, 5.74) is -2.24. The summed E-state index contributed by atoms with van der Waals surface area (Å²) in [6.45, 7) is 1.35. The number of anilines is 1. The number of nitrogens with one attached hydrogen (secondary N) is 1.